The van der Waals surface area contributed by atoms with Crippen molar-refractivity contribution in [1.29, 1.82) is 0 Å². The highest BCUT2D eigenvalue weighted by molar-refractivity contribution is 7.92. The second-order valence-electron chi connectivity index (χ2n) is 6.60. The van der Waals surface area contributed by atoms with Gasteiger partial charge in [0.15, 0.2) is 6.61 Å². The Bertz CT molecular complexity index is 1110. The Hall–Kier alpha value is -3.32. The highest BCUT2D eigenvalue weighted by Crippen LogP contribution is 2.20. The van der Waals surface area contributed by atoms with Gasteiger partial charge in [-0.3, -0.25) is 9.52 Å². The number of hydrogen-bond donors (Lipinski definition) is 2. The molecule has 0 heterocycles. The molecule has 6 nitrogen and oxygen atoms in total. The number of carbonyl (C=O) groups is 1. The van der Waals surface area contributed by atoms with Gasteiger partial charge in [-0.25, -0.2) is 8.42 Å². The average molecular weight is 410 g/mol. The van der Waals surface area contributed by atoms with Gasteiger partial charge in [-0.2, -0.15) is 0 Å². The van der Waals surface area contributed by atoms with E-state index in [0.717, 1.165) is 16.8 Å². The third-order valence-electron chi connectivity index (χ3n) is 4.19. The van der Waals surface area contributed by atoms with Crippen LogP contribution in [-0.4, -0.2) is 20.9 Å². The molecule has 0 saturated carbocycles. The number of para-hydroxylation sites is 1. The quantitative estimate of drug-likeness (QED) is 0.614. The van der Waals surface area contributed by atoms with Crippen molar-refractivity contribution in [2.45, 2.75) is 18.7 Å². The first-order chi connectivity index (χ1) is 13.8. The van der Waals surface area contributed by atoms with Gasteiger partial charge in [0.25, 0.3) is 15.9 Å². The van der Waals surface area contributed by atoms with E-state index in [1.165, 1.54) is 24.3 Å². The molecule has 29 heavy (non-hydrogen) atoms. The fourth-order valence-corrected chi connectivity index (χ4v) is 3.74. The van der Waals surface area contributed by atoms with Crippen molar-refractivity contribution >= 4 is 27.3 Å². The molecule has 0 aliphatic rings. The van der Waals surface area contributed by atoms with Crippen molar-refractivity contribution in [3.8, 4) is 5.75 Å². The van der Waals surface area contributed by atoms with Gasteiger partial charge in [0, 0.05) is 11.4 Å². The van der Waals surface area contributed by atoms with Crippen LogP contribution in [0, 0.1) is 13.8 Å². The van der Waals surface area contributed by atoms with Crippen LogP contribution in [0.15, 0.2) is 77.7 Å². The zero-order chi connectivity index (χ0) is 20.9. The van der Waals surface area contributed by atoms with Crippen LogP contribution in [-0.2, 0) is 14.8 Å². The molecule has 1 amide bonds. The lowest BCUT2D eigenvalue weighted by atomic mass is 10.2. The largest absolute Gasteiger partial charge is 0.484 e. The van der Waals surface area contributed by atoms with Gasteiger partial charge < -0.3 is 10.1 Å². The zero-order valence-corrected chi connectivity index (χ0v) is 17.0. The molecule has 0 radical (unpaired) electrons. The Labute approximate surface area is 170 Å². The molecule has 0 unspecified atom stereocenters. The predicted octanol–water partition coefficient (Wildman–Crippen LogP) is 4.12. The summed E-state index contributed by atoms with van der Waals surface area (Å²) in [6.07, 6.45) is 0. The van der Waals surface area contributed by atoms with Crippen LogP contribution in [0.5, 0.6) is 5.75 Å². The number of amides is 1. The monoisotopic (exact) mass is 410 g/mol. The summed E-state index contributed by atoms with van der Waals surface area (Å²) in [5.74, 6) is 0.108. The van der Waals surface area contributed by atoms with Crippen LogP contribution < -0.4 is 14.8 Å². The zero-order valence-electron chi connectivity index (χ0n) is 16.2. The Morgan fingerprint density at radius 3 is 2.34 bits per heavy atom. The van der Waals surface area contributed by atoms with E-state index in [9.17, 15) is 13.2 Å². The van der Waals surface area contributed by atoms with Crippen molar-refractivity contribution < 1.29 is 17.9 Å². The van der Waals surface area contributed by atoms with Crippen LogP contribution in [0.4, 0.5) is 11.4 Å². The number of anilines is 2. The molecule has 150 valence electrons. The van der Waals surface area contributed by atoms with Crippen LogP contribution in [0.3, 0.4) is 0 Å². The molecular weight excluding hydrogens is 388 g/mol. The highest BCUT2D eigenvalue weighted by atomic mass is 32.2. The van der Waals surface area contributed by atoms with Gasteiger partial charge in [0.2, 0.25) is 0 Å². The minimum Gasteiger partial charge on any atom is -0.484 e. The third-order valence-corrected chi connectivity index (χ3v) is 5.59. The highest BCUT2D eigenvalue weighted by Gasteiger charge is 2.14. The predicted molar refractivity (Wildman–Crippen MR) is 114 cm³/mol. The standard InChI is InChI=1S/C22H22N2O4S/c1-16-6-5-8-18(14-16)24-29(26,27)20-12-10-19(11-13-20)28-15-22(25)23-21-9-4-3-7-17(21)2/h3-14,24H,15H2,1-2H3,(H,23,25). The fraction of sp³-hybridized carbons (Fsp3) is 0.136. The number of benzene rings is 3. The number of hydrogen-bond acceptors (Lipinski definition) is 4. The first-order valence-electron chi connectivity index (χ1n) is 9.01. The van der Waals surface area contributed by atoms with Gasteiger partial charge in [0.1, 0.15) is 5.75 Å². The second kappa shape index (κ2) is 8.79. The molecule has 3 aromatic carbocycles. The minimum atomic E-state index is -3.71. The van der Waals surface area contributed by atoms with Gasteiger partial charge in [0.05, 0.1) is 4.90 Å². The average Bonchev–Trinajstić information content (AvgIpc) is 2.68. The maximum atomic E-state index is 12.5. The van der Waals surface area contributed by atoms with E-state index in [1.807, 2.05) is 44.2 Å². The SMILES string of the molecule is Cc1cccc(NS(=O)(=O)c2ccc(OCC(=O)Nc3ccccc3C)cc2)c1. The summed E-state index contributed by atoms with van der Waals surface area (Å²) in [6, 6.07) is 20.5. The lowest BCUT2D eigenvalue weighted by molar-refractivity contribution is -0.118. The summed E-state index contributed by atoms with van der Waals surface area (Å²) in [4.78, 5) is 12.2. The van der Waals surface area contributed by atoms with Crippen LogP contribution in [0.1, 0.15) is 11.1 Å². The molecular formula is C22H22N2O4S. The maximum Gasteiger partial charge on any atom is 0.262 e. The number of aryl methyl sites for hydroxylation is 2. The van der Waals surface area contributed by atoms with E-state index >= 15 is 0 Å². The summed E-state index contributed by atoms with van der Waals surface area (Å²) in [5.41, 5.74) is 3.14. The molecule has 0 aliphatic carbocycles. The maximum absolute atomic E-state index is 12.5. The summed E-state index contributed by atoms with van der Waals surface area (Å²) < 4.78 is 33.0. The van der Waals surface area contributed by atoms with Crippen molar-refractivity contribution in [2.75, 3.05) is 16.6 Å². The molecule has 7 heteroatoms. The number of sulfonamides is 1. The molecule has 3 aromatic rings. The second-order valence-corrected chi connectivity index (χ2v) is 8.28. The normalized spacial score (nSPS) is 11.0. The molecule has 3 rings (SSSR count). The smallest absolute Gasteiger partial charge is 0.262 e. The Balaban J connectivity index is 1.59. The topological polar surface area (TPSA) is 84.5 Å². The molecule has 2 N–H and O–H groups in total. The number of rotatable bonds is 7. The lowest BCUT2D eigenvalue weighted by Crippen LogP contribution is -2.20. The molecule has 0 saturated heterocycles. The van der Waals surface area contributed by atoms with Gasteiger partial charge >= 0.3 is 0 Å². The Morgan fingerprint density at radius 1 is 0.931 bits per heavy atom. The van der Waals surface area contributed by atoms with Gasteiger partial charge in [-0.1, -0.05) is 30.3 Å². The molecule has 0 aliphatic heterocycles. The van der Waals surface area contributed by atoms with Crippen LogP contribution in [0.25, 0.3) is 0 Å². The summed E-state index contributed by atoms with van der Waals surface area (Å²) >= 11 is 0. The van der Waals surface area contributed by atoms with Crippen molar-refractivity contribution in [2.24, 2.45) is 0 Å². The van der Waals surface area contributed by atoms with Crippen LogP contribution >= 0.6 is 0 Å². The van der Waals surface area contributed by atoms with Crippen molar-refractivity contribution in [3.63, 3.8) is 0 Å². The molecule has 0 fully saturated rings. The summed E-state index contributed by atoms with van der Waals surface area (Å²) in [7, 11) is -3.71. The number of carbonyl (C=O) groups excluding carboxylic acids is 1. The van der Waals surface area contributed by atoms with Crippen molar-refractivity contribution in [1.82, 2.24) is 0 Å². The van der Waals surface area contributed by atoms with E-state index in [1.54, 1.807) is 18.2 Å². The number of nitrogens with one attached hydrogen (secondary N) is 2. The third kappa shape index (κ3) is 5.58. The van der Waals surface area contributed by atoms with Gasteiger partial charge in [-0.05, 0) is 67.4 Å². The van der Waals surface area contributed by atoms with Crippen molar-refractivity contribution in [3.05, 3.63) is 83.9 Å². The Kier molecular flexibility index (Phi) is 6.19. The van der Waals surface area contributed by atoms with E-state index in [-0.39, 0.29) is 17.4 Å². The van der Waals surface area contributed by atoms with E-state index in [0.29, 0.717) is 11.4 Å². The van der Waals surface area contributed by atoms with E-state index in [2.05, 4.69) is 10.0 Å². The minimum absolute atomic E-state index is 0.107. The van der Waals surface area contributed by atoms with E-state index in [4.69, 9.17) is 4.74 Å². The first kappa shape index (κ1) is 20.4. The summed E-state index contributed by atoms with van der Waals surface area (Å²) in [5, 5.41) is 2.78. The lowest BCUT2D eigenvalue weighted by Gasteiger charge is -2.11. The summed E-state index contributed by atoms with van der Waals surface area (Å²) in [6.45, 7) is 3.61. The Morgan fingerprint density at radius 2 is 1.66 bits per heavy atom. The van der Waals surface area contributed by atoms with Crippen LogP contribution in [0.2, 0.25) is 0 Å². The molecule has 0 bridgehead atoms. The molecule has 0 spiro atoms. The first-order valence-corrected chi connectivity index (χ1v) is 10.5. The molecule has 0 aromatic heterocycles. The molecule has 0 atom stereocenters. The van der Waals surface area contributed by atoms with E-state index < -0.39 is 10.0 Å². The number of ether oxygens (including phenoxy) is 1. The van der Waals surface area contributed by atoms with Gasteiger partial charge in [-0.15, -0.1) is 0 Å². The fourth-order valence-electron chi connectivity index (χ4n) is 2.69.